The molecule has 1 unspecified atom stereocenters. The Bertz CT molecular complexity index is 477. The van der Waals surface area contributed by atoms with Crippen molar-refractivity contribution in [3.05, 3.63) is 27.7 Å². The van der Waals surface area contributed by atoms with Gasteiger partial charge < -0.3 is 20.5 Å². The van der Waals surface area contributed by atoms with Crippen molar-refractivity contribution < 1.29 is 9.84 Å². The maximum Gasteiger partial charge on any atom is 0.138 e. The number of hydrogen-bond donors (Lipinski definition) is 2. The van der Waals surface area contributed by atoms with E-state index in [2.05, 4.69) is 4.90 Å². The monoisotopic (exact) mass is 332 g/mol. The van der Waals surface area contributed by atoms with Gasteiger partial charge in [0.15, 0.2) is 0 Å². The van der Waals surface area contributed by atoms with Crippen LogP contribution in [0.3, 0.4) is 0 Å². The molecule has 1 atom stereocenters. The molecular weight excluding hydrogens is 311 g/mol. The molecule has 0 amide bonds. The highest BCUT2D eigenvalue weighted by Crippen LogP contribution is 2.34. The Morgan fingerprint density at radius 1 is 1.38 bits per heavy atom. The Morgan fingerprint density at radius 2 is 2.05 bits per heavy atom. The third-order valence-corrected chi connectivity index (χ3v) is 4.73. The predicted molar refractivity (Wildman–Crippen MR) is 86.4 cm³/mol. The summed E-state index contributed by atoms with van der Waals surface area (Å²) < 4.78 is 6.00. The zero-order valence-corrected chi connectivity index (χ0v) is 13.7. The number of aliphatic hydroxyl groups is 1. The van der Waals surface area contributed by atoms with Crippen molar-refractivity contribution in [2.75, 3.05) is 26.2 Å². The fourth-order valence-corrected chi connectivity index (χ4v) is 2.90. The minimum absolute atomic E-state index is 0.148. The van der Waals surface area contributed by atoms with E-state index < -0.39 is 6.10 Å². The maximum atomic E-state index is 9.58. The van der Waals surface area contributed by atoms with Gasteiger partial charge in [0.25, 0.3) is 0 Å². The third kappa shape index (κ3) is 4.47. The van der Waals surface area contributed by atoms with Gasteiger partial charge in [-0.2, -0.15) is 0 Å². The Balaban J connectivity index is 1.88. The highest BCUT2D eigenvalue weighted by atomic mass is 35.5. The zero-order valence-electron chi connectivity index (χ0n) is 12.2. The third-order valence-electron chi connectivity index (χ3n) is 3.85. The maximum absolute atomic E-state index is 9.58. The molecule has 4 nitrogen and oxygen atoms in total. The molecule has 2 rings (SSSR count). The highest BCUT2D eigenvalue weighted by Gasteiger charge is 2.22. The molecule has 0 saturated carbocycles. The molecule has 0 aromatic heterocycles. The van der Waals surface area contributed by atoms with E-state index in [1.165, 1.54) is 0 Å². The summed E-state index contributed by atoms with van der Waals surface area (Å²) in [5.74, 6) is 0.694. The second-order valence-corrected chi connectivity index (χ2v) is 6.28. The van der Waals surface area contributed by atoms with Crippen LogP contribution in [0.25, 0.3) is 0 Å². The Labute approximate surface area is 135 Å². The molecule has 1 heterocycles. The molecule has 1 saturated heterocycles. The van der Waals surface area contributed by atoms with Crippen molar-refractivity contribution in [2.24, 2.45) is 5.73 Å². The van der Waals surface area contributed by atoms with Gasteiger partial charge >= 0.3 is 0 Å². The molecule has 118 valence electrons. The van der Waals surface area contributed by atoms with Crippen molar-refractivity contribution >= 4 is 23.2 Å². The molecule has 1 aliphatic heterocycles. The molecule has 21 heavy (non-hydrogen) atoms. The van der Waals surface area contributed by atoms with Crippen molar-refractivity contribution in [1.29, 1.82) is 0 Å². The molecule has 0 radical (unpaired) electrons. The van der Waals surface area contributed by atoms with E-state index in [0.29, 0.717) is 28.9 Å². The second kappa shape index (κ2) is 7.65. The quantitative estimate of drug-likeness (QED) is 0.869. The average Bonchev–Trinajstić information content (AvgIpc) is 2.49. The van der Waals surface area contributed by atoms with Crippen molar-refractivity contribution in [3.63, 3.8) is 0 Å². The van der Waals surface area contributed by atoms with Crippen LogP contribution in [0.5, 0.6) is 5.75 Å². The van der Waals surface area contributed by atoms with Gasteiger partial charge in [0.05, 0.1) is 11.1 Å². The normalized spacial score (nSPS) is 18.7. The van der Waals surface area contributed by atoms with E-state index in [9.17, 15) is 5.11 Å². The van der Waals surface area contributed by atoms with Crippen molar-refractivity contribution in [1.82, 2.24) is 4.90 Å². The van der Waals surface area contributed by atoms with Crippen molar-refractivity contribution in [3.8, 4) is 5.75 Å². The van der Waals surface area contributed by atoms with Crippen LogP contribution in [0.15, 0.2) is 12.1 Å². The van der Waals surface area contributed by atoms with E-state index in [-0.39, 0.29) is 6.10 Å². The van der Waals surface area contributed by atoms with Crippen LogP contribution in [0.2, 0.25) is 10.0 Å². The van der Waals surface area contributed by atoms with Gasteiger partial charge in [0, 0.05) is 31.2 Å². The molecule has 1 aliphatic rings. The molecule has 0 bridgehead atoms. The van der Waals surface area contributed by atoms with E-state index in [1.807, 2.05) is 19.1 Å². The number of ether oxygens (including phenoxy) is 1. The summed E-state index contributed by atoms with van der Waals surface area (Å²) in [6, 6.07) is 3.63. The first-order chi connectivity index (χ1) is 10.0. The second-order valence-electron chi connectivity index (χ2n) is 5.49. The highest BCUT2D eigenvalue weighted by molar-refractivity contribution is 6.36. The van der Waals surface area contributed by atoms with Crippen LogP contribution in [-0.4, -0.2) is 48.4 Å². The van der Waals surface area contributed by atoms with Gasteiger partial charge in [0.2, 0.25) is 0 Å². The molecule has 1 aromatic rings. The lowest BCUT2D eigenvalue weighted by molar-refractivity contribution is 0.0642. The van der Waals surface area contributed by atoms with E-state index in [1.54, 1.807) is 0 Å². The zero-order chi connectivity index (χ0) is 15.4. The minimum Gasteiger partial charge on any atom is -0.489 e. The van der Waals surface area contributed by atoms with Gasteiger partial charge in [0.1, 0.15) is 11.9 Å². The fourth-order valence-electron chi connectivity index (χ4n) is 2.49. The lowest BCUT2D eigenvalue weighted by Crippen LogP contribution is -2.43. The van der Waals surface area contributed by atoms with Crippen LogP contribution in [0, 0.1) is 6.92 Å². The van der Waals surface area contributed by atoms with Gasteiger partial charge in [-0.25, -0.2) is 0 Å². The Kier molecular flexibility index (Phi) is 6.14. The molecular formula is C15H22Cl2N2O2. The fraction of sp³-hybridized carbons (Fsp3) is 0.600. The van der Waals surface area contributed by atoms with Gasteiger partial charge in [-0.05, 0) is 37.5 Å². The summed E-state index contributed by atoms with van der Waals surface area (Å²) >= 11 is 12.3. The molecule has 3 N–H and O–H groups in total. The SMILES string of the molecule is Cc1c(Cl)ccc(OC2CCN(CC(O)CN)CC2)c1Cl. The molecule has 1 aromatic carbocycles. The summed E-state index contributed by atoms with van der Waals surface area (Å²) in [6.45, 7) is 4.60. The largest absolute Gasteiger partial charge is 0.489 e. The smallest absolute Gasteiger partial charge is 0.138 e. The minimum atomic E-state index is -0.448. The Hall–Kier alpha value is -0.520. The van der Waals surface area contributed by atoms with E-state index >= 15 is 0 Å². The predicted octanol–water partition coefficient (Wildman–Crippen LogP) is 2.46. The van der Waals surface area contributed by atoms with Gasteiger partial charge in [-0.3, -0.25) is 0 Å². The number of likely N-dealkylation sites (tertiary alicyclic amines) is 1. The number of nitrogens with zero attached hydrogens (tertiary/aromatic N) is 1. The first-order valence-corrected chi connectivity index (χ1v) is 7.98. The summed E-state index contributed by atoms with van der Waals surface area (Å²) in [4.78, 5) is 2.21. The Morgan fingerprint density at radius 3 is 2.67 bits per heavy atom. The summed E-state index contributed by atoms with van der Waals surface area (Å²) in [6.07, 6.45) is 1.52. The lowest BCUT2D eigenvalue weighted by atomic mass is 10.1. The number of benzene rings is 1. The first-order valence-electron chi connectivity index (χ1n) is 7.23. The van der Waals surface area contributed by atoms with Crippen LogP contribution in [-0.2, 0) is 0 Å². The first kappa shape index (κ1) is 16.8. The molecule has 1 fully saturated rings. The summed E-state index contributed by atoms with van der Waals surface area (Å²) in [7, 11) is 0. The molecule has 0 spiro atoms. The topological polar surface area (TPSA) is 58.7 Å². The van der Waals surface area contributed by atoms with E-state index in [4.69, 9.17) is 33.7 Å². The van der Waals surface area contributed by atoms with Gasteiger partial charge in [-0.15, -0.1) is 0 Å². The number of β-amino-alcohol motifs (C(OH)–C–C–N with tert-alkyl or cyclic N) is 1. The molecule has 6 heteroatoms. The van der Waals surface area contributed by atoms with Crippen LogP contribution >= 0.6 is 23.2 Å². The number of rotatable bonds is 5. The number of hydrogen-bond acceptors (Lipinski definition) is 4. The molecule has 0 aliphatic carbocycles. The number of halogens is 2. The van der Waals surface area contributed by atoms with E-state index in [0.717, 1.165) is 31.5 Å². The number of nitrogens with two attached hydrogens (primary N) is 1. The number of aliphatic hydroxyl groups excluding tert-OH is 1. The van der Waals surface area contributed by atoms with Crippen LogP contribution in [0.4, 0.5) is 0 Å². The van der Waals surface area contributed by atoms with Crippen molar-refractivity contribution in [2.45, 2.75) is 32.0 Å². The average molecular weight is 333 g/mol. The van der Waals surface area contributed by atoms with Crippen LogP contribution in [0.1, 0.15) is 18.4 Å². The summed E-state index contributed by atoms with van der Waals surface area (Å²) in [5, 5.41) is 10.8. The van der Waals surface area contributed by atoms with Crippen LogP contribution < -0.4 is 10.5 Å². The number of piperidine rings is 1. The van der Waals surface area contributed by atoms with Gasteiger partial charge in [-0.1, -0.05) is 23.2 Å². The lowest BCUT2D eigenvalue weighted by Gasteiger charge is -2.33. The standard InChI is InChI=1S/C15H22Cl2N2O2/c1-10-13(16)2-3-14(15(10)17)21-12-4-6-19(7-5-12)9-11(20)8-18/h2-3,11-12,20H,4-9,18H2,1H3. The summed E-state index contributed by atoms with van der Waals surface area (Å²) in [5.41, 5.74) is 6.28.